The highest BCUT2D eigenvalue weighted by Crippen LogP contribution is 2.26. The van der Waals surface area contributed by atoms with E-state index in [0.29, 0.717) is 5.95 Å². The lowest BCUT2D eigenvalue weighted by molar-refractivity contribution is 0.477. The van der Waals surface area contributed by atoms with Gasteiger partial charge in [-0.1, -0.05) is 13.0 Å². The first-order chi connectivity index (χ1) is 6.74. The van der Waals surface area contributed by atoms with Crippen LogP contribution in [0.5, 0.6) is 5.75 Å². The number of nitrogen functional groups attached to an aromatic ring is 1. The Hall–Kier alpha value is -1.71. The van der Waals surface area contributed by atoms with Crippen LogP contribution in [0.25, 0.3) is 11.0 Å². The summed E-state index contributed by atoms with van der Waals surface area (Å²) in [6, 6.07) is 5.26. The molecule has 0 spiro atoms. The molecule has 0 amide bonds. The van der Waals surface area contributed by atoms with Gasteiger partial charge in [0.25, 0.3) is 0 Å². The molecule has 0 fully saturated rings. The van der Waals surface area contributed by atoms with Crippen molar-refractivity contribution in [3.63, 3.8) is 0 Å². The highest BCUT2D eigenvalue weighted by molar-refractivity contribution is 5.84. The average molecular weight is 191 g/mol. The molecule has 1 aromatic heterocycles. The van der Waals surface area contributed by atoms with Crippen molar-refractivity contribution in [1.82, 2.24) is 9.55 Å². The monoisotopic (exact) mass is 191 g/mol. The number of fused-ring (bicyclic) bond motifs is 1. The van der Waals surface area contributed by atoms with Crippen molar-refractivity contribution in [2.45, 2.75) is 19.9 Å². The summed E-state index contributed by atoms with van der Waals surface area (Å²) in [7, 11) is 0. The van der Waals surface area contributed by atoms with Crippen LogP contribution in [0, 0.1) is 0 Å². The molecular weight excluding hydrogens is 178 g/mol. The number of phenolic OH excluding ortho intramolecular Hbond substituents is 1. The Kier molecular flexibility index (Phi) is 2.04. The quantitative estimate of drug-likeness (QED) is 0.759. The summed E-state index contributed by atoms with van der Waals surface area (Å²) in [5, 5.41) is 9.68. The normalized spacial score (nSPS) is 10.9. The van der Waals surface area contributed by atoms with Crippen molar-refractivity contribution in [3.05, 3.63) is 18.2 Å². The summed E-state index contributed by atoms with van der Waals surface area (Å²) in [4.78, 5) is 4.17. The summed E-state index contributed by atoms with van der Waals surface area (Å²) in [5.41, 5.74) is 7.22. The van der Waals surface area contributed by atoms with Gasteiger partial charge < -0.3 is 15.4 Å². The molecule has 14 heavy (non-hydrogen) atoms. The number of nitrogens with zero attached hydrogens (tertiary/aromatic N) is 2. The smallest absolute Gasteiger partial charge is 0.201 e. The maximum absolute atomic E-state index is 9.68. The summed E-state index contributed by atoms with van der Waals surface area (Å²) >= 11 is 0. The topological polar surface area (TPSA) is 64.1 Å². The van der Waals surface area contributed by atoms with Crippen LogP contribution in [0.3, 0.4) is 0 Å². The third kappa shape index (κ3) is 1.19. The number of aromatic nitrogens is 2. The van der Waals surface area contributed by atoms with Crippen LogP contribution in [0.2, 0.25) is 0 Å². The van der Waals surface area contributed by atoms with E-state index in [1.807, 2.05) is 10.6 Å². The van der Waals surface area contributed by atoms with E-state index in [1.54, 1.807) is 12.1 Å². The van der Waals surface area contributed by atoms with Crippen molar-refractivity contribution >= 4 is 17.0 Å². The summed E-state index contributed by atoms with van der Waals surface area (Å²) in [6.07, 6.45) is 0.962. The molecule has 0 aliphatic rings. The molecule has 0 saturated carbocycles. The highest BCUT2D eigenvalue weighted by atomic mass is 16.3. The Labute approximate surface area is 82.0 Å². The number of nitrogens with two attached hydrogens (primary N) is 1. The van der Waals surface area contributed by atoms with E-state index >= 15 is 0 Å². The number of aryl methyl sites for hydroxylation is 1. The highest BCUT2D eigenvalue weighted by Gasteiger charge is 2.10. The lowest BCUT2D eigenvalue weighted by Crippen LogP contribution is -2.02. The molecule has 74 valence electrons. The number of para-hydroxylation sites is 1. The first-order valence-electron chi connectivity index (χ1n) is 4.67. The van der Waals surface area contributed by atoms with Crippen LogP contribution in [0.4, 0.5) is 5.95 Å². The van der Waals surface area contributed by atoms with Crippen molar-refractivity contribution in [3.8, 4) is 5.75 Å². The zero-order valence-corrected chi connectivity index (χ0v) is 8.07. The van der Waals surface area contributed by atoms with Gasteiger partial charge in [-0.05, 0) is 18.6 Å². The molecule has 0 atom stereocenters. The fourth-order valence-electron chi connectivity index (χ4n) is 1.63. The van der Waals surface area contributed by atoms with Gasteiger partial charge >= 0.3 is 0 Å². The van der Waals surface area contributed by atoms with Crippen molar-refractivity contribution in [1.29, 1.82) is 0 Å². The molecule has 2 aromatic rings. The number of anilines is 1. The van der Waals surface area contributed by atoms with Crippen molar-refractivity contribution in [2.75, 3.05) is 5.73 Å². The number of hydrogen-bond acceptors (Lipinski definition) is 3. The Balaban J connectivity index is 2.73. The maximum Gasteiger partial charge on any atom is 0.201 e. The minimum atomic E-state index is 0.236. The molecule has 2 rings (SSSR count). The van der Waals surface area contributed by atoms with E-state index in [2.05, 4.69) is 11.9 Å². The standard InChI is InChI=1S/C10H13N3O/c1-2-6-13-9-7(12-10(13)11)4-3-5-8(9)14/h3-5,14H,2,6H2,1H3,(H2,11,12). The van der Waals surface area contributed by atoms with Gasteiger partial charge in [-0.3, -0.25) is 0 Å². The lowest BCUT2D eigenvalue weighted by atomic mass is 10.3. The molecule has 0 bridgehead atoms. The Morgan fingerprint density at radius 3 is 3.00 bits per heavy atom. The summed E-state index contributed by atoms with van der Waals surface area (Å²) in [6.45, 7) is 2.84. The van der Waals surface area contributed by atoms with Crippen LogP contribution in [0.1, 0.15) is 13.3 Å². The van der Waals surface area contributed by atoms with Gasteiger partial charge in [0.2, 0.25) is 5.95 Å². The minimum Gasteiger partial charge on any atom is -0.506 e. The van der Waals surface area contributed by atoms with Crippen LogP contribution in [-0.2, 0) is 6.54 Å². The molecule has 0 saturated heterocycles. The zero-order chi connectivity index (χ0) is 10.1. The molecule has 0 aliphatic heterocycles. The second-order valence-electron chi connectivity index (χ2n) is 3.27. The second kappa shape index (κ2) is 3.21. The largest absolute Gasteiger partial charge is 0.506 e. The molecule has 1 aromatic carbocycles. The molecule has 3 N–H and O–H groups in total. The average Bonchev–Trinajstić information content (AvgIpc) is 2.45. The van der Waals surface area contributed by atoms with Gasteiger partial charge in [-0.2, -0.15) is 0 Å². The van der Waals surface area contributed by atoms with E-state index in [1.165, 1.54) is 0 Å². The van der Waals surface area contributed by atoms with Gasteiger partial charge in [0.05, 0.1) is 5.52 Å². The molecule has 0 radical (unpaired) electrons. The Morgan fingerprint density at radius 2 is 2.29 bits per heavy atom. The van der Waals surface area contributed by atoms with Crippen LogP contribution >= 0.6 is 0 Å². The van der Waals surface area contributed by atoms with Crippen molar-refractivity contribution < 1.29 is 5.11 Å². The van der Waals surface area contributed by atoms with Gasteiger partial charge in [0.15, 0.2) is 0 Å². The predicted molar refractivity (Wildman–Crippen MR) is 56.1 cm³/mol. The molecule has 0 unspecified atom stereocenters. The van der Waals surface area contributed by atoms with Gasteiger partial charge in [-0.15, -0.1) is 0 Å². The zero-order valence-electron chi connectivity index (χ0n) is 8.07. The predicted octanol–water partition coefficient (Wildman–Crippen LogP) is 1.73. The summed E-state index contributed by atoms with van der Waals surface area (Å²) < 4.78 is 1.84. The number of imidazole rings is 1. The number of benzene rings is 1. The van der Waals surface area contributed by atoms with Crippen molar-refractivity contribution in [2.24, 2.45) is 0 Å². The summed E-state index contributed by atoms with van der Waals surface area (Å²) in [5.74, 6) is 0.698. The Bertz CT molecular complexity index is 462. The third-order valence-corrected chi connectivity index (χ3v) is 2.22. The maximum atomic E-state index is 9.68. The van der Waals surface area contributed by atoms with Crippen LogP contribution in [0.15, 0.2) is 18.2 Å². The van der Waals surface area contributed by atoms with Crippen LogP contribution < -0.4 is 5.73 Å². The van der Waals surface area contributed by atoms with Gasteiger partial charge in [-0.25, -0.2) is 4.98 Å². The molecule has 1 heterocycles. The first-order valence-corrected chi connectivity index (χ1v) is 4.67. The fourth-order valence-corrected chi connectivity index (χ4v) is 1.63. The second-order valence-corrected chi connectivity index (χ2v) is 3.27. The van der Waals surface area contributed by atoms with E-state index in [0.717, 1.165) is 24.0 Å². The molecule has 0 aliphatic carbocycles. The third-order valence-electron chi connectivity index (χ3n) is 2.22. The fraction of sp³-hybridized carbons (Fsp3) is 0.300. The van der Waals surface area contributed by atoms with Crippen LogP contribution in [-0.4, -0.2) is 14.7 Å². The molecule has 4 nitrogen and oxygen atoms in total. The minimum absolute atomic E-state index is 0.236. The van der Waals surface area contributed by atoms with E-state index < -0.39 is 0 Å². The van der Waals surface area contributed by atoms with Gasteiger partial charge in [0, 0.05) is 6.54 Å². The Morgan fingerprint density at radius 1 is 1.50 bits per heavy atom. The lowest BCUT2D eigenvalue weighted by Gasteiger charge is -2.04. The SMILES string of the molecule is CCCn1c(N)nc2cccc(O)c21. The molecule has 4 heteroatoms. The number of rotatable bonds is 2. The molecular formula is C10H13N3O. The first kappa shape index (κ1) is 8.87. The number of hydrogen-bond donors (Lipinski definition) is 2. The van der Waals surface area contributed by atoms with E-state index in [-0.39, 0.29) is 5.75 Å². The number of aromatic hydroxyl groups is 1. The number of phenols is 1. The van der Waals surface area contributed by atoms with E-state index in [4.69, 9.17) is 5.73 Å². The van der Waals surface area contributed by atoms with E-state index in [9.17, 15) is 5.11 Å². The van der Waals surface area contributed by atoms with Gasteiger partial charge in [0.1, 0.15) is 11.3 Å².